The average molecular weight is 250 g/mol. The number of hydrogen-bond acceptors (Lipinski definition) is 3. The van der Waals surface area contributed by atoms with E-state index in [1.165, 1.54) is 0 Å². The molecule has 1 aromatic rings. The van der Waals surface area contributed by atoms with Crippen LogP contribution in [0.4, 0.5) is 5.69 Å². The molecule has 0 fully saturated rings. The van der Waals surface area contributed by atoms with Crippen molar-refractivity contribution in [2.75, 3.05) is 5.73 Å². The van der Waals surface area contributed by atoms with Crippen LogP contribution in [0.5, 0.6) is 0 Å². The minimum atomic E-state index is -1.04. The Hall–Kier alpha value is -2.04. The number of rotatable bonds is 4. The predicted molar refractivity (Wildman–Crippen MR) is 69.3 cm³/mol. The van der Waals surface area contributed by atoms with Crippen LogP contribution in [0.1, 0.15) is 29.8 Å². The minimum absolute atomic E-state index is 0.179. The van der Waals surface area contributed by atoms with Crippen molar-refractivity contribution in [1.82, 2.24) is 5.32 Å². The molecule has 0 heterocycles. The van der Waals surface area contributed by atoms with Gasteiger partial charge >= 0.3 is 5.97 Å². The highest BCUT2D eigenvalue weighted by molar-refractivity contribution is 5.97. The van der Waals surface area contributed by atoms with Gasteiger partial charge in [-0.2, -0.15) is 0 Å². The second kappa shape index (κ2) is 5.53. The number of aryl methyl sites for hydroxylation is 1. The zero-order chi connectivity index (χ0) is 13.9. The molecule has 0 spiro atoms. The van der Waals surface area contributed by atoms with Crippen molar-refractivity contribution in [2.24, 2.45) is 5.92 Å². The van der Waals surface area contributed by atoms with Gasteiger partial charge in [0, 0.05) is 11.3 Å². The van der Waals surface area contributed by atoms with E-state index in [1.54, 1.807) is 39.0 Å². The van der Waals surface area contributed by atoms with Gasteiger partial charge in [0.15, 0.2) is 0 Å². The smallest absolute Gasteiger partial charge is 0.326 e. The van der Waals surface area contributed by atoms with E-state index >= 15 is 0 Å². The monoisotopic (exact) mass is 250 g/mol. The van der Waals surface area contributed by atoms with Crippen LogP contribution in [0.15, 0.2) is 18.2 Å². The molecule has 0 aromatic heterocycles. The summed E-state index contributed by atoms with van der Waals surface area (Å²) in [6.07, 6.45) is 0. The summed E-state index contributed by atoms with van der Waals surface area (Å²) >= 11 is 0. The highest BCUT2D eigenvalue weighted by atomic mass is 16.4. The molecule has 5 heteroatoms. The second-order valence-electron chi connectivity index (χ2n) is 4.60. The molecule has 0 saturated heterocycles. The first-order valence-electron chi connectivity index (χ1n) is 5.72. The van der Waals surface area contributed by atoms with Gasteiger partial charge in [-0.05, 0) is 36.6 Å². The molecule has 1 atom stereocenters. The number of carboxylic acids is 1. The molecule has 0 saturated carbocycles. The van der Waals surface area contributed by atoms with Gasteiger partial charge in [-0.3, -0.25) is 4.79 Å². The number of carbonyl (C=O) groups excluding carboxylic acids is 1. The van der Waals surface area contributed by atoms with Gasteiger partial charge in [0.2, 0.25) is 0 Å². The Morgan fingerprint density at radius 3 is 2.39 bits per heavy atom. The molecule has 0 aliphatic carbocycles. The van der Waals surface area contributed by atoms with Crippen LogP contribution < -0.4 is 11.1 Å². The van der Waals surface area contributed by atoms with E-state index in [4.69, 9.17) is 10.8 Å². The first-order chi connectivity index (χ1) is 8.32. The molecular formula is C13H18N2O3. The minimum Gasteiger partial charge on any atom is -0.480 e. The van der Waals surface area contributed by atoms with Crippen molar-refractivity contribution >= 4 is 17.6 Å². The van der Waals surface area contributed by atoms with Crippen LogP contribution in [-0.4, -0.2) is 23.0 Å². The predicted octanol–water partition coefficient (Wildman–Crippen LogP) is 1.42. The fourth-order valence-electron chi connectivity index (χ4n) is 1.56. The molecule has 98 valence electrons. The van der Waals surface area contributed by atoms with E-state index in [9.17, 15) is 9.59 Å². The maximum absolute atomic E-state index is 11.9. The Labute approximate surface area is 106 Å². The Morgan fingerprint density at radius 2 is 1.94 bits per heavy atom. The number of amides is 1. The standard InChI is InChI=1S/C13H18N2O3/c1-7(2)11(13(17)18)15-12(16)9-4-5-10(14)8(3)6-9/h4-7,11H,14H2,1-3H3,(H,15,16)(H,17,18). The lowest BCUT2D eigenvalue weighted by Gasteiger charge is -2.18. The normalized spacial score (nSPS) is 12.2. The number of benzene rings is 1. The molecule has 0 radical (unpaired) electrons. The summed E-state index contributed by atoms with van der Waals surface area (Å²) in [7, 11) is 0. The van der Waals surface area contributed by atoms with Crippen molar-refractivity contribution in [2.45, 2.75) is 26.8 Å². The summed E-state index contributed by atoms with van der Waals surface area (Å²) in [6, 6.07) is 3.96. The van der Waals surface area contributed by atoms with Gasteiger partial charge in [0.05, 0.1) is 0 Å². The molecule has 1 amide bonds. The third-order valence-electron chi connectivity index (χ3n) is 2.75. The summed E-state index contributed by atoms with van der Waals surface area (Å²) < 4.78 is 0. The first-order valence-corrected chi connectivity index (χ1v) is 5.72. The number of carboxylic acid groups (broad SMARTS) is 1. The van der Waals surface area contributed by atoms with Crippen LogP contribution in [0, 0.1) is 12.8 Å². The summed E-state index contributed by atoms with van der Waals surface area (Å²) in [6.45, 7) is 5.28. The van der Waals surface area contributed by atoms with E-state index < -0.39 is 17.9 Å². The van der Waals surface area contributed by atoms with Crippen LogP contribution in [0.3, 0.4) is 0 Å². The maximum Gasteiger partial charge on any atom is 0.326 e. The third kappa shape index (κ3) is 3.23. The quantitative estimate of drug-likeness (QED) is 0.704. The fourth-order valence-corrected chi connectivity index (χ4v) is 1.56. The SMILES string of the molecule is Cc1cc(C(=O)NC(C(=O)O)C(C)C)ccc1N. The molecule has 18 heavy (non-hydrogen) atoms. The number of hydrogen-bond donors (Lipinski definition) is 3. The maximum atomic E-state index is 11.9. The molecule has 0 aliphatic rings. The zero-order valence-corrected chi connectivity index (χ0v) is 10.7. The van der Waals surface area contributed by atoms with Crippen molar-refractivity contribution in [3.63, 3.8) is 0 Å². The van der Waals surface area contributed by atoms with Gasteiger partial charge in [-0.15, -0.1) is 0 Å². The molecule has 0 bridgehead atoms. The molecule has 1 rings (SSSR count). The first kappa shape index (κ1) is 14.0. The number of nitrogen functional groups attached to an aromatic ring is 1. The lowest BCUT2D eigenvalue weighted by Crippen LogP contribution is -2.44. The summed E-state index contributed by atoms with van der Waals surface area (Å²) in [5.74, 6) is -1.62. The van der Waals surface area contributed by atoms with Crippen LogP contribution >= 0.6 is 0 Å². The fraction of sp³-hybridized carbons (Fsp3) is 0.385. The number of anilines is 1. The molecule has 5 nitrogen and oxygen atoms in total. The Bertz CT molecular complexity index is 469. The van der Waals surface area contributed by atoms with Crippen LogP contribution in [0.2, 0.25) is 0 Å². The largest absolute Gasteiger partial charge is 0.480 e. The number of carbonyl (C=O) groups is 2. The lowest BCUT2D eigenvalue weighted by molar-refractivity contribution is -0.140. The van der Waals surface area contributed by atoms with Crippen molar-refractivity contribution in [3.8, 4) is 0 Å². The summed E-state index contributed by atoms with van der Waals surface area (Å²) in [5.41, 5.74) is 7.46. The van der Waals surface area contributed by atoms with E-state index in [1.807, 2.05) is 0 Å². The van der Waals surface area contributed by atoms with Gasteiger partial charge in [0.25, 0.3) is 5.91 Å². The molecule has 1 aromatic carbocycles. The van der Waals surface area contributed by atoms with E-state index in [-0.39, 0.29) is 5.92 Å². The molecule has 0 aliphatic heterocycles. The Morgan fingerprint density at radius 1 is 1.33 bits per heavy atom. The number of nitrogens with two attached hydrogens (primary N) is 1. The topological polar surface area (TPSA) is 92.4 Å². The molecular weight excluding hydrogens is 232 g/mol. The van der Waals surface area contributed by atoms with Crippen LogP contribution in [-0.2, 0) is 4.79 Å². The highest BCUT2D eigenvalue weighted by Crippen LogP contribution is 2.13. The van der Waals surface area contributed by atoms with Gasteiger partial charge in [-0.25, -0.2) is 4.79 Å². The molecule has 1 unspecified atom stereocenters. The van der Waals surface area contributed by atoms with Crippen molar-refractivity contribution in [3.05, 3.63) is 29.3 Å². The lowest BCUT2D eigenvalue weighted by atomic mass is 10.0. The Balaban J connectivity index is 2.87. The van der Waals surface area contributed by atoms with Crippen molar-refractivity contribution in [1.29, 1.82) is 0 Å². The Kier molecular flexibility index (Phi) is 4.31. The number of aliphatic carboxylic acids is 1. The van der Waals surface area contributed by atoms with E-state index in [2.05, 4.69) is 5.32 Å². The summed E-state index contributed by atoms with van der Waals surface area (Å²) in [4.78, 5) is 22.9. The van der Waals surface area contributed by atoms with Gasteiger partial charge in [0.1, 0.15) is 6.04 Å². The van der Waals surface area contributed by atoms with Crippen molar-refractivity contribution < 1.29 is 14.7 Å². The number of nitrogens with one attached hydrogen (secondary N) is 1. The second-order valence-corrected chi connectivity index (χ2v) is 4.60. The van der Waals surface area contributed by atoms with Crippen LogP contribution in [0.25, 0.3) is 0 Å². The van der Waals surface area contributed by atoms with E-state index in [0.717, 1.165) is 5.56 Å². The van der Waals surface area contributed by atoms with E-state index in [0.29, 0.717) is 11.3 Å². The highest BCUT2D eigenvalue weighted by Gasteiger charge is 2.23. The average Bonchev–Trinajstić information content (AvgIpc) is 2.28. The third-order valence-corrected chi connectivity index (χ3v) is 2.75. The molecule has 4 N–H and O–H groups in total. The summed E-state index contributed by atoms with van der Waals surface area (Å²) in [5, 5.41) is 11.5. The van der Waals surface area contributed by atoms with Gasteiger partial charge < -0.3 is 16.2 Å². The van der Waals surface area contributed by atoms with Gasteiger partial charge in [-0.1, -0.05) is 13.8 Å². The zero-order valence-electron chi connectivity index (χ0n) is 10.7.